The minimum Gasteiger partial charge on any atom is -0.358 e. The highest BCUT2D eigenvalue weighted by Crippen LogP contribution is 2.28. The zero-order valence-corrected chi connectivity index (χ0v) is 14.6. The first kappa shape index (κ1) is 18.3. The second-order valence-electron chi connectivity index (χ2n) is 5.86. The van der Waals surface area contributed by atoms with Crippen LogP contribution in [0.1, 0.15) is 12.5 Å². The van der Waals surface area contributed by atoms with Crippen LogP contribution in [0.15, 0.2) is 48.7 Å². The molecule has 0 fully saturated rings. The number of likely N-dealkylation sites (N-methyl/N-ethyl adjacent to an activating group) is 1. The molecule has 0 aliphatic rings. The summed E-state index contributed by atoms with van der Waals surface area (Å²) in [7, 11) is 0. The van der Waals surface area contributed by atoms with E-state index < -0.39 is 4.92 Å². The van der Waals surface area contributed by atoms with Crippen molar-refractivity contribution in [1.29, 1.82) is 0 Å². The standard InChI is InChI=1S/C18H18FN5O3/c1-2-22(12-16(25)20-11-13-6-8-14(19)9-7-13)17-18(24(26)27)23-10-4-3-5-15(23)21-17/h3-10H,2,11-12H2,1H3,(H,20,25). The predicted octanol–water partition coefficient (Wildman–Crippen LogP) is 2.52. The molecule has 2 heterocycles. The Labute approximate surface area is 154 Å². The van der Waals surface area contributed by atoms with Crippen molar-refractivity contribution in [3.63, 3.8) is 0 Å². The van der Waals surface area contributed by atoms with Gasteiger partial charge in [-0.05, 0) is 35.6 Å². The van der Waals surface area contributed by atoms with E-state index in [9.17, 15) is 19.3 Å². The van der Waals surface area contributed by atoms with Crippen LogP contribution >= 0.6 is 0 Å². The topological polar surface area (TPSA) is 92.8 Å². The summed E-state index contributed by atoms with van der Waals surface area (Å²) in [4.78, 5) is 29.2. The highest BCUT2D eigenvalue weighted by atomic mass is 19.1. The van der Waals surface area contributed by atoms with Crippen LogP contribution in [0, 0.1) is 15.9 Å². The number of aromatic nitrogens is 2. The lowest BCUT2D eigenvalue weighted by Crippen LogP contribution is -2.37. The minimum absolute atomic E-state index is 0.0809. The molecule has 0 spiro atoms. The zero-order chi connectivity index (χ0) is 19.4. The smallest absolute Gasteiger partial charge is 0.358 e. The van der Waals surface area contributed by atoms with Crippen LogP contribution < -0.4 is 10.2 Å². The van der Waals surface area contributed by atoms with Crippen LogP contribution in [0.2, 0.25) is 0 Å². The second kappa shape index (κ2) is 7.81. The minimum atomic E-state index is -0.506. The SMILES string of the molecule is CCN(CC(=O)NCc1ccc(F)cc1)c1nc2ccccn2c1[N+](=O)[O-]. The molecule has 9 heteroatoms. The van der Waals surface area contributed by atoms with Crippen molar-refractivity contribution in [1.82, 2.24) is 14.7 Å². The molecule has 3 rings (SSSR count). The Morgan fingerprint density at radius 2 is 2.04 bits per heavy atom. The van der Waals surface area contributed by atoms with Gasteiger partial charge in [0.1, 0.15) is 5.82 Å². The maximum atomic E-state index is 12.9. The van der Waals surface area contributed by atoms with Crippen LogP contribution in [0.4, 0.5) is 16.0 Å². The van der Waals surface area contributed by atoms with Gasteiger partial charge in [-0.1, -0.05) is 18.2 Å². The molecule has 1 N–H and O–H groups in total. The number of amides is 1. The number of carbonyl (C=O) groups excluding carboxylic acids is 1. The number of nitrogens with zero attached hydrogens (tertiary/aromatic N) is 4. The number of hydrogen-bond donors (Lipinski definition) is 1. The Bertz CT molecular complexity index is 971. The molecule has 0 atom stereocenters. The third kappa shape index (κ3) is 4.02. The van der Waals surface area contributed by atoms with E-state index in [1.54, 1.807) is 48.4 Å². The van der Waals surface area contributed by atoms with Crippen LogP contribution in [-0.4, -0.2) is 33.3 Å². The average molecular weight is 371 g/mol. The van der Waals surface area contributed by atoms with Gasteiger partial charge in [0.2, 0.25) is 17.4 Å². The van der Waals surface area contributed by atoms with Crippen LogP contribution in [0.25, 0.3) is 5.65 Å². The zero-order valence-electron chi connectivity index (χ0n) is 14.6. The van der Waals surface area contributed by atoms with E-state index in [0.717, 1.165) is 5.56 Å². The molecule has 0 unspecified atom stereocenters. The number of imidazole rings is 1. The first-order valence-corrected chi connectivity index (χ1v) is 8.37. The molecule has 8 nitrogen and oxygen atoms in total. The fraction of sp³-hybridized carbons (Fsp3) is 0.222. The molecule has 1 amide bonds. The van der Waals surface area contributed by atoms with E-state index >= 15 is 0 Å². The molecule has 1 aromatic carbocycles. The highest BCUT2D eigenvalue weighted by Gasteiger charge is 2.27. The van der Waals surface area contributed by atoms with Crippen molar-refractivity contribution in [3.8, 4) is 0 Å². The molecule has 0 radical (unpaired) electrons. The molecule has 3 aromatic rings. The Hall–Kier alpha value is -3.49. The van der Waals surface area contributed by atoms with Gasteiger partial charge in [-0.15, -0.1) is 0 Å². The van der Waals surface area contributed by atoms with Crippen molar-refractivity contribution in [3.05, 3.63) is 70.2 Å². The van der Waals surface area contributed by atoms with Crippen molar-refractivity contribution in [2.75, 3.05) is 18.0 Å². The predicted molar refractivity (Wildman–Crippen MR) is 98.0 cm³/mol. The Morgan fingerprint density at radius 1 is 1.30 bits per heavy atom. The molecule has 0 saturated heterocycles. The monoisotopic (exact) mass is 371 g/mol. The number of rotatable bonds is 7. The second-order valence-corrected chi connectivity index (χ2v) is 5.86. The van der Waals surface area contributed by atoms with Crippen LogP contribution in [0.5, 0.6) is 0 Å². The van der Waals surface area contributed by atoms with Gasteiger partial charge in [-0.3, -0.25) is 4.79 Å². The van der Waals surface area contributed by atoms with Gasteiger partial charge in [-0.2, -0.15) is 9.38 Å². The van der Waals surface area contributed by atoms with Gasteiger partial charge >= 0.3 is 5.82 Å². The number of anilines is 1. The van der Waals surface area contributed by atoms with Crippen molar-refractivity contribution < 1.29 is 14.1 Å². The summed E-state index contributed by atoms with van der Waals surface area (Å²) in [6.45, 7) is 2.32. The summed E-state index contributed by atoms with van der Waals surface area (Å²) in [6.07, 6.45) is 1.56. The number of fused-ring (bicyclic) bond motifs is 1. The Balaban J connectivity index is 1.76. The van der Waals surface area contributed by atoms with Crippen molar-refractivity contribution in [2.45, 2.75) is 13.5 Å². The molecule has 2 aromatic heterocycles. The molecule has 27 heavy (non-hydrogen) atoms. The van der Waals surface area contributed by atoms with E-state index in [-0.39, 0.29) is 36.4 Å². The fourth-order valence-electron chi connectivity index (χ4n) is 2.72. The summed E-state index contributed by atoms with van der Waals surface area (Å²) in [5.74, 6) is -0.696. The number of carbonyl (C=O) groups is 1. The lowest BCUT2D eigenvalue weighted by atomic mass is 10.2. The maximum Gasteiger partial charge on any atom is 0.372 e. The Morgan fingerprint density at radius 3 is 2.70 bits per heavy atom. The van der Waals surface area contributed by atoms with Gasteiger partial charge in [0.25, 0.3) is 0 Å². The van der Waals surface area contributed by atoms with Crippen LogP contribution in [-0.2, 0) is 11.3 Å². The van der Waals surface area contributed by atoms with Crippen molar-refractivity contribution >= 4 is 23.2 Å². The highest BCUT2D eigenvalue weighted by molar-refractivity contribution is 5.82. The van der Waals surface area contributed by atoms with E-state index in [1.807, 2.05) is 0 Å². The molecular formula is C18H18FN5O3. The first-order valence-electron chi connectivity index (χ1n) is 8.37. The maximum absolute atomic E-state index is 12.9. The first-order chi connectivity index (χ1) is 13.0. The van der Waals surface area contributed by atoms with Gasteiger partial charge in [-0.25, -0.2) is 4.39 Å². The largest absolute Gasteiger partial charge is 0.372 e. The van der Waals surface area contributed by atoms with Gasteiger partial charge in [0, 0.05) is 19.2 Å². The third-order valence-corrected chi connectivity index (χ3v) is 4.08. The molecule has 0 aliphatic carbocycles. The van der Waals surface area contributed by atoms with Gasteiger partial charge in [0.05, 0.1) is 12.7 Å². The fourth-order valence-corrected chi connectivity index (χ4v) is 2.72. The summed E-state index contributed by atoms with van der Waals surface area (Å²) in [6, 6.07) is 10.9. The number of nitrogens with one attached hydrogen (secondary N) is 1. The summed E-state index contributed by atoms with van der Waals surface area (Å²) in [5.41, 5.74) is 1.19. The lowest BCUT2D eigenvalue weighted by Gasteiger charge is -2.19. The van der Waals surface area contributed by atoms with E-state index in [0.29, 0.717) is 12.2 Å². The quantitative estimate of drug-likeness (QED) is 0.509. The summed E-state index contributed by atoms with van der Waals surface area (Å²) >= 11 is 0. The van der Waals surface area contributed by atoms with Gasteiger partial charge in [0.15, 0.2) is 0 Å². The number of pyridine rings is 1. The van der Waals surface area contributed by atoms with E-state index in [4.69, 9.17) is 0 Å². The molecule has 140 valence electrons. The third-order valence-electron chi connectivity index (χ3n) is 4.08. The normalized spacial score (nSPS) is 10.7. The molecular weight excluding hydrogens is 353 g/mol. The summed E-state index contributed by atoms with van der Waals surface area (Å²) < 4.78 is 14.3. The van der Waals surface area contributed by atoms with Gasteiger partial charge < -0.3 is 20.3 Å². The Kier molecular flexibility index (Phi) is 5.30. The average Bonchev–Trinajstić information content (AvgIpc) is 3.05. The number of benzene rings is 1. The number of halogens is 1. The van der Waals surface area contributed by atoms with E-state index in [1.165, 1.54) is 16.5 Å². The van der Waals surface area contributed by atoms with E-state index in [2.05, 4.69) is 10.3 Å². The molecule has 0 bridgehead atoms. The number of hydrogen-bond acceptors (Lipinski definition) is 5. The van der Waals surface area contributed by atoms with Crippen molar-refractivity contribution in [2.24, 2.45) is 0 Å². The molecule has 0 saturated carbocycles. The lowest BCUT2D eigenvalue weighted by molar-refractivity contribution is -0.389. The summed E-state index contributed by atoms with van der Waals surface area (Å²) in [5, 5.41) is 14.3. The molecule has 0 aliphatic heterocycles. The number of nitro groups is 1. The van der Waals surface area contributed by atoms with Crippen LogP contribution in [0.3, 0.4) is 0 Å².